The Labute approximate surface area is 181 Å². The normalized spacial score (nSPS) is 16.0. The molecule has 1 unspecified atom stereocenters. The van der Waals surface area contributed by atoms with Gasteiger partial charge in [-0.1, -0.05) is 23.8 Å². The van der Waals surface area contributed by atoms with E-state index in [9.17, 15) is 18.0 Å². The first-order chi connectivity index (χ1) is 14.8. The number of nitrogens with one attached hydrogen (secondary N) is 4. The van der Waals surface area contributed by atoms with Crippen LogP contribution in [0.15, 0.2) is 53.4 Å². The Hall–Kier alpha value is -2.95. The molecule has 1 fully saturated rings. The van der Waals surface area contributed by atoms with Gasteiger partial charge in [0.25, 0.3) is 11.8 Å². The summed E-state index contributed by atoms with van der Waals surface area (Å²) in [5.41, 5.74) is 6.57. The zero-order valence-electron chi connectivity index (χ0n) is 17.2. The van der Waals surface area contributed by atoms with Gasteiger partial charge < -0.3 is 10.1 Å². The number of rotatable bonds is 8. The molecule has 1 saturated heterocycles. The summed E-state index contributed by atoms with van der Waals surface area (Å²) in [6, 6.07) is 13.1. The van der Waals surface area contributed by atoms with Crippen LogP contribution in [0.2, 0.25) is 0 Å². The van der Waals surface area contributed by atoms with Gasteiger partial charge in [-0.3, -0.25) is 20.4 Å². The van der Waals surface area contributed by atoms with Crippen LogP contribution in [0, 0.1) is 6.92 Å². The van der Waals surface area contributed by atoms with Crippen LogP contribution < -0.4 is 20.9 Å². The Balaban J connectivity index is 1.50. The zero-order chi connectivity index (χ0) is 22.3. The van der Waals surface area contributed by atoms with Crippen molar-refractivity contribution in [3.63, 3.8) is 0 Å². The molecular formula is C21H26N4O5S. The predicted molar refractivity (Wildman–Crippen MR) is 116 cm³/mol. The minimum Gasteiger partial charge on any atom is -0.377 e. The molecule has 2 aromatic rings. The first kappa shape index (κ1) is 22.7. The van der Waals surface area contributed by atoms with Crippen LogP contribution in [0.25, 0.3) is 0 Å². The Morgan fingerprint density at radius 1 is 1.10 bits per heavy atom. The molecule has 2 amide bonds. The summed E-state index contributed by atoms with van der Waals surface area (Å²) in [4.78, 5) is 24.2. The van der Waals surface area contributed by atoms with Gasteiger partial charge in [0.1, 0.15) is 0 Å². The second-order valence-corrected chi connectivity index (χ2v) is 9.00. The average molecular weight is 447 g/mol. The quantitative estimate of drug-likeness (QED) is 0.453. The van der Waals surface area contributed by atoms with Gasteiger partial charge in [-0.15, -0.1) is 0 Å². The summed E-state index contributed by atoms with van der Waals surface area (Å²) in [7, 11) is -3.78. The van der Waals surface area contributed by atoms with E-state index in [1.165, 1.54) is 24.3 Å². The fourth-order valence-electron chi connectivity index (χ4n) is 2.99. The molecular weight excluding hydrogens is 420 g/mol. The lowest BCUT2D eigenvalue weighted by molar-refractivity contribution is -0.120. The van der Waals surface area contributed by atoms with Crippen molar-refractivity contribution in [3.8, 4) is 0 Å². The minimum absolute atomic E-state index is 0.0366. The Morgan fingerprint density at radius 3 is 2.58 bits per heavy atom. The highest BCUT2D eigenvalue weighted by Gasteiger charge is 2.21. The van der Waals surface area contributed by atoms with Gasteiger partial charge in [-0.25, -0.2) is 13.1 Å². The van der Waals surface area contributed by atoms with Gasteiger partial charge in [0.2, 0.25) is 10.0 Å². The average Bonchev–Trinajstić information content (AvgIpc) is 3.30. The van der Waals surface area contributed by atoms with Gasteiger partial charge in [-0.2, -0.15) is 0 Å². The van der Waals surface area contributed by atoms with Crippen LogP contribution >= 0.6 is 0 Å². The number of amides is 2. The van der Waals surface area contributed by atoms with E-state index in [4.69, 9.17) is 4.74 Å². The van der Waals surface area contributed by atoms with Crippen LogP contribution in [0.4, 0.5) is 5.69 Å². The van der Waals surface area contributed by atoms with Crippen LogP contribution in [-0.4, -0.2) is 46.0 Å². The van der Waals surface area contributed by atoms with Crippen LogP contribution in [0.5, 0.6) is 0 Å². The molecule has 3 rings (SSSR count). The number of hydrogen-bond acceptors (Lipinski definition) is 6. The first-order valence-corrected chi connectivity index (χ1v) is 11.4. The van der Waals surface area contributed by atoms with Crippen molar-refractivity contribution in [2.45, 2.75) is 30.8 Å². The van der Waals surface area contributed by atoms with Crippen LogP contribution in [-0.2, 0) is 19.6 Å². The molecule has 10 heteroatoms. The molecule has 2 aromatic carbocycles. The Morgan fingerprint density at radius 2 is 1.87 bits per heavy atom. The van der Waals surface area contributed by atoms with Crippen molar-refractivity contribution in [1.82, 2.24) is 15.6 Å². The van der Waals surface area contributed by atoms with E-state index in [1.807, 2.05) is 31.2 Å². The van der Waals surface area contributed by atoms with Crippen molar-refractivity contribution >= 4 is 27.5 Å². The monoisotopic (exact) mass is 446 g/mol. The highest BCUT2D eigenvalue weighted by molar-refractivity contribution is 7.89. The molecule has 9 nitrogen and oxygen atoms in total. The zero-order valence-corrected chi connectivity index (χ0v) is 18.0. The van der Waals surface area contributed by atoms with Crippen LogP contribution in [0.3, 0.4) is 0 Å². The number of hydrazine groups is 1. The molecule has 0 radical (unpaired) electrons. The summed E-state index contributed by atoms with van der Waals surface area (Å²) < 4.78 is 32.9. The van der Waals surface area contributed by atoms with Crippen molar-refractivity contribution in [3.05, 3.63) is 59.7 Å². The number of sulfonamides is 1. The summed E-state index contributed by atoms with van der Waals surface area (Å²) in [6.45, 7) is 2.74. The van der Waals surface area contributed by atoms with E-state index in [2.05, 4.69) is 20.9 Å². The number of carbonyl (C=O) groups is 2. The lowest BCUT2D eigenvalue weighted by Gasteiger charge is -2.12. The lowest BCUT2D eigenvalue weighted by atomic mass is 10.2. The van der Waals surface area contributed by atoms with E-state index in [0.717, 1.165) is 24.1 Å². The summed E-state index contributed by atoms with van der Waals surface area (Å²) >= 11 is 0. The summed E-state index contributed by atoms with van der Waals surface area (Å²) in [6.07, 6.45) is 1.59. The fraction of sp³-hybridized carbons (Fsp3) is 0.333. The SMILES string of the molecule is Cc1ccc(NCC(=O)NNC(=O)c2cccc(S(=O)(=O)NCC3CCCO3)c2)cc1. The number of hydrogen-bond donors (Lipinski definition) is 4. The van der Waals surface area contributed by atoms with Crippen molar-refractivity contribution in [1.29, 1.82) is 0 Å². The molecule has 31 heavy (non-hydrogen) atoms. The van der Waals surface area contributed by atoms with Gasteiger partial charge >= 0.3 is 0 Å². The molecule has 1 atom stereocenters. The number of ether oxygens (including phenoxy) is 1. The van der Waals surface area contributed by atoms with Crippen molar-refractivity contribution < 1.29 is 22.7 Å². The third-order valence-corrected chi connectivity index (χ3v) is 6.17. The van der Waals surface area contributed by atoms with E-state index < -0.39 is 21.8 Å². The predicted octanol–water partition coefficient (Wildman–Crippen LogP) is 1.33. The Bertz CT molecular complexity index is 1020. The third-order valence-electron chi connectivity index (χ3n) is 4.75. The van der Waals surface area contributed by atoms with Gasteiger partial charge in [0, 0.05) is 24.4 Å². The molecule has 4 N–H and O–H groups in total. The molecule has 1 aliphatic heterocycles. The highest BCUT2D eigenvalue weighted by Crippen LogP contribution is 2.14. The Kier molecular flexibility index (Phi) is 7.61. The van der Waals surface area contributed by atoms with Crippen LogP contribution in [0.1, 0.15) is 28.8 Å². The molecule has 1 heterocycles. The number of benzene rings is 2. The molecule has 1 aliphatic rings. The maximum absolute atomic E-state index is 12.5. The van der Waals surface area contributed by atoms with Gasteiger partial charge in [0.05, 0.1) is 17.5 Å². The standard InChI is InChI=1S/C21H26N4O5S/c1-15-7-9-17(10-8-15)22-14-20(26)24-25-21(27)16-4-2-6-19(12-16)31(28,29)23-13-18-5-3-11-30-18/h2,4,6-10,12,18,22-23H,3,5,11,13-14H2,1H3,(H,24,26)(H,25,27). The molecule has 0 bridgehead atoms. The van der Waals surface area contributed by atoms with E-state index in [1.54, 1.807) is 0 Å². The van der Waals surface area contributed by atoms with Crippen molar-refractivity contribution in [2.75, 3.05) is 25.0 Å². The lowest BCUT2D eigenvalue weighted by Crippen LogP contribution is -2.44. The fourth-order valence-corrected chi connectivity index (χ4v) is 4.10. The molecule has 0 spiro atoms. The number of carbonyl (C=O) groups excluding carboxylic acids is 2. The molecule has 0 aliphatic carbocycles. The second kappa shape index (κ2) is 10.4. The topological polar surface area (TPSA) is 126 Å². The minimum atomic E-state index is -3.78. The van der Waals surface area contributed by atoms with E-state index in [-0.39, 0.29) is 29.7 Å². The summed E-state index contributed by atoms with van der Waals surface area (Å²) in [5, 5.41) is 2.94. The molecule has 0 aromatic heterocycles. The highest BCUT2D eigenvalue weighted by atomic mass is 32.2. The van der Waals surface area contributed by atoms with Gasteiger partial charge in [-0.05, 0) is 50.1 Å². The molecule has 0 saturated carbocycles. The number of aryl methyl sites for hydroxylation is 1. The summed E-state index contributed by atoms with van der Waals surface area (Å²) in [5.74, 6) is -1.07. The number of anilines is 1. The smallest absolute Gasteiger partial charge is 0.269 e. The third kappa shape index (κ3) is 6.78. The second-order valence-electron chi connectivity index (χ2n) is 7.24. The van der Waals surface area contributed by atoms with Crippen molar-refractivity contribution in [2.24, 2.45) is 0 Å². The van der Waals surface area contributed by atoms with Gasteiger partial charge in [0.15, 0.2) is 0 Å². The first-order valence-electron chi connectivity index (χ1n) is 9.94. The largest absolute Gasteiger partial charge is 0.377 e. The van der Waals surface area contributed by atoms with E-state index >= 15 is 0 Å². The maximum atomic E-state index is 12.5. The maximum Gasteiger partial charge on any atom is 0.269 e. The van der Waals surface area contributed by atoms with E-state index in [0.29, 0.717) is 6.61 Å². The molecule has 166 valence electrons.